The molecular weight excluding hydrogens is 477 g/mol. The Hall–Kier alpha value is -2.56. The minimum absolute atomic E-state index is 0.0780. The van der Waals surface area contributed by atoms with Crippen molar-refractivity contribution in [3.05, 3.63) is 80.1 Å². The van der Waals surface area contributed by atoms with E-state index in [1.54, 1.807) is 12.1 Å². The van der Waals surface area contributed by atoms with Crippen molar-refractivity contribution in [3.8, 4) is 0 Å². The van der Waals surface area contributed by atoms with Gasteiger partial charge in [-0.25, -0.2) is 17.8 Å². The summed E-state index contributed by atoms with van der Waals surface area (Å²) in [7, 11) is -3.56. The lowest BCUT2D eigenvalue weighted by atomic mass is 10.1. The van der Waals surface area contributed by atoms with Crippen molar-refractivity contribution in [1.82, 2.24) is 4.98 Å². The number of hydrogen-bond acceptors (Lipinski definition) is 7. The van der Waals surface area contributed by atoms with Crippen LogP contribution in [0, 0.1) is 15.9 Å². The first-order valence-electron chi connectivity index (χ1n) is 9.85. The van der Waals surface area contributed by atoms with E-state index in [1.165, 1.54) is 41.7 Å². The van der Waals surface area contributed by atoms with Crippen LogP contribution in [0.15, 0.2) is 52.7 Å². The highest BCUT2D eigenvalue weighted by Gasteiger charge is 2.32. The third-order valence-electron chi connectivity index (χ3n) is 5.44. The van der Waals surface area contributed by atoms with Crippen LogP contribution in [0.4, 0.5) is 15.2 Å². The van der Waals surface area contributed by atoms with E-state index in [2.05, 4.69) is 9.88 Å². The van der Waals surface area contributed by atoms with Crippen molar-refractivity contribution in [2.45, 2.75) is 29.4 Å². The summed E-state index contributed by atoms with van der Waals surface area (Å²) in [5.74, 6) is -0.457. The first-order valence-corrected chi connectivity index (χ1v) is 12.7. The molecule has 4 rings (SSSR count). The average molecular weight is 496 g/mol. The molecule has 7 nitrogen and oxygen atoms in total. The molecule has 168 valence electrons. The molecule has 2 heterocycles. The smallest absolute Gasteiger partial charge is 0.269 e. The second-order valence-corrected chi connectivity index (χ2v) is 11.0. The monoisotopic (exact) mass is 495 g/mol. The number of nitro benzene ring substituents is 1. The normalized spacial score (nSPS) is 15.1. The fourth-order valence-electron chi connectivity index (χ4n) is 3.69. The summed E-state index contributed by atoms with van der Waals surface area (Å²) in [6.07, 6.45) is 1.42. The number of nitrogens with zero attached hydrogens (tertiary/aromatic N) is 3. The first-order chi connectivity index (χ1) is 15.2. The molecular formula is C21H19ClFN3O4S2. The third-order valence-corrected chi connectivity index (χ3v) is 8.95. The van der Waals surface area contributed by atoms with Crippen molar-refractivity contribution in [2.24, 2.45) is 0 Å². The summed E-state index contributed by atoms with van der Waals surface area (Å²) in [6.45, 7) is 1.10. The Balaban J connectivity index is 1.39. The molecule has 1 aliphatic rings. The van der Waals surface area contributed by atoms with Gasteiger partial charge in [-0.3, -0.25) is 10.1 Å². The van der Waals surface area contributed by atoms with Gasteiger partial charge in [0.2, 0.25) is 0 Å². The number of hydrogen-bond donors (Lipinski definition) is 0. The minimum atomic E-state index is -3.56. The Bertz CT molecular complexity index is 1240. The minimum Gasteiger partial charge on any atom is -0.348 e. The predicted molar refractivity (Wildman–Crippen MR) is 122 cm³/mol. The Morgan fingerprint density at radius 3 is 2.50 bits per heavy atom. The zero-order valence-corrected chi connectivity index (χ0v) is 19.2. The maximum atomic E-state index is 13.3. The molecule has 0 unspecified atom stereocenters. The quantitative estimate of drug-likeness (QED) is 0.357. The summed E-state index contributed by atoms with van der Waals surface area (Å²) in [5, 5.41) is 13.1. The standard InChI is InChI=1S/C21H19ClFN3O4S2/c22-19-12-14(1-6-20(19)23)11-15-13-31-21(24-15)25-9-7-18(8-10-25)32(29,30)17-4-2-16(3-5-17)26(27)28/h1-6,12-13,18H,7-11H2. The SMILES string of the molecule is O=[N+]([O-])c1ccc(S(=O)(=O)C2CCN(c3nc(Cc4ccc(F)c(Cl)c4)cs3)CC2)cc1. The van der Waals surface area contributed by atoms with E-state index in [0.717, 1.165) is 16.4 Å². The number of benzene rings is 2. The third kappa shape index (κ3) is 4.77. The molecule has 32 heavy (non-hydrogen) atoms. The number of non-ortho nitro benzene ring substituents is 1. The van der Waals surface area contributed by atoms with Gasteiger partial charge in [0.1, 0.15) is 5.82 Å². The van der Waals surface area contributed by atoms with Crippen LogP contribution in [-0.4, -0.2) is 36.7 Å². The number of halogens is 2. The van der Waals surface area contributed by atoms with Gasteiger partial charge in [-0.2, -0.15) is 0 Å². The van der Waals surface area contributed by atoms with Gasteiger partial charge in [-0.15, -0.1) is 11.3 Å². The van der Waals surface area contributed by atoms with Gasteiger partial charge in [0.25, 0.3) is 5.69 Å². The fourth-order valence-corrected chi connectivity index (χ4v) is 6.50. The number of piperidine rings is 1. The topological polar surface area (TPSA) is 93.4 Å². The average Bonchev–Trinajstić information content (AvgIpc) is 3.25. The van der Waals surface area contributed by atoms with Gasteiger partial charge in [-0.05, 0) is 42.7 Å². The van der Waals surface area contributed by atoms with Crippen molar-refractivity contribution < 1.29 is 17.7 Å². The number of rotatable bonds is 6. The highest BCUT2D eigenvalue weighted by molar-refractivity contribution is 7.92. The molecule has 1 aromatic heterocycles. The maximum absolute atomic E-state index is 13.3. The van der Waals surface area contributed by atoms with Gasteiger partial charge in [0, 0.05) is 37.0 Å². The van der Waals surface area contributed by atoms with E-state index < -0.39 is 25.8 Å². The van der Waals surface area contributed by atoms with E-state index in [-0.39, 0.29) is 15.6 Å². The summed E-state index contributed by atoms with van der Waals surface area (Å²) in [6, 6.07) is 9.63. The van der Waals surface area contributed by atoms with E-state index in [0.29, 0.717) is 32.4 Å². The van der Waals surface area contributed by atoms with Crippen LogP contribution in [0.25, 0.3) is 0 Å². The molecule has 1 saturated heterocycles. The second kappa shape index (κ2) is 9.13. The maximum Gasteiger partial charge on any atom is 0.269 e. The molecule has 0 spiro atoms. The van der Waals surface area contributed by atoms with Crippen LogP contribution in [0.3, 0.4) is 0 Å². The molecule has 1 aliphatic heterocycles. The number of thiazole rings is 1. The highest BCUT2D eigenvalue weighted by Crippen LogP contribution is 2.30. The van der Waals surface area contributed by atoms with Gasteiger partial charge in [0.15, 0.2) is 15.0 Å². The van der Waals surface area contributed by atoms with Gasteiger partial charge >= 0.3 is 0 Å². The number of nitro groups is 1. The Labute approximate surface area is 193 Å². The molecule has 0 bridgehead atoms. The zero-order valence-electron chi connectivity index (χ0n) is 16.8. The lowest BCUT2D eigenvalue weighted by molar-refractivity contribution is -0.384. The fraction of sp³-hybridized carbons (Fsp3) is 0.286. The van der Waals surface area contributed by atoms with Crippen molar-refractivity contribution in [2.75, 3.05) is 18.0 Å². The van der Waals surface area contributed by atoms with Crippen LogP contribution in [0.1, 0.15) is 24.1 Å². The van der Waals surface area contributed by atoms with Gasteiger partial charge < -0.3 is 4.90 Å². The summed E-state index contributed by atoms with van der Waals surface area (Å²) >= 11 is 7.33. The molecule has 1 fully saturated rings. The summed E-state index contributed by atoms with van der Waals surface area (Å²) in [4.78, 5) is 17.1. The first kappa shape index (κ1) is 22.6. The molecule has 0 N–H and O–H groups in total. The number of sulfone groups is 1. The van der Waals surface area contributed by atoms with Crippen molar-refractivity contribution in [3.63, 3.8) is 0 Å². The van der Waals surface area contributed by atoms with Crippen LogP contribution in [0.5, 0.6) is 0 Å². The molecule has 0 radical (unpaired) electrons. The van der Waals surface area contributed by atoms with Gasteiger partial charge in [-0.1, -0.05) is 17.7 Å². The number of anilines is 1. The van der Waals surface area contributed by atoms with Crippen molar-refractivity contribution in [1.29, 1.82) is 0 Å². The molecule has 3 aromatic rings. The van der Waals surface area contributed by atoms with Crippen molar-refractivity contribution >= 4 is 43.6 Å². The highest BCUT2D eigenvalue weighted by atomic mass is 35.5. The van der Waals surface area contributed by atoms with Crippen LogP contribution in [-0.2, 0) is 16.3 Å². The van der Waals surface area contributed by atoms with E-state index >= 15 is 0 Å². The Kier molecular flexibility index (Phi) is 6.45. The molecule has 0 saturated carbocycles. The Morgan fingerprint density at radius 1 is 1.19 bits per heavy atom. The predicted octanol–water partition coefficient (Wildman–Crippen LogP) is 4.88. The Morgan fingerprint density at radius 2 is 1.88 bits per heavy atom. The van der Waals surface area contributed by atoms with Gasteiger partial charge in [0.05, 0.1) is 25.8 Å². The number of aromatic nitrogens is 1. The lowest BCUT2D eigenvalue weighted by Crippen LogP contribution is -2.39. The summed E-state index contributed by atoms with van der Waals surface area (Å²) in [5.41, 5.74) is 1.57. The van der Waals surface area contributed by atoms with Crippen LogP contribution < -0.4 is 4.90 Å². The molecule has 0 aliphatic carbocycles. The van der Waals surface area contributed by atoms with E-state index in [1.807, 2.05) is 5.38 Å². The summed E-state index contributed by atoms with van der Waals surface area (Å²) < 4.78 is 39.2. The van der Waals surface area contributed by atoms with E-state index in [9.17, 15) is 22.9 Å². The van der Waals surface area contributed by atoms with Crippen LogP contribution in [0.2, 0.25) is 5.02 Å². The molecule has 0 amide bonds. The van der Waals surface area contributed by atoms with Crippen LogP contribution >= 0.6 is 22.9 Å². The largest absolute Gasteiger partial charge is 0.348 e. The second-order valence-electron chi connectivity index (χ2n) is 7.53. The molecule has 2 aromatic carbocycles. The zero-order chi connectivity index (χ0) is 22.9. The van der Waals surface area contributed by atoms with E-state index in [4.69, 9.17) is 11.6 Å². The molecule has 0 atom stereocenters. The molecule has 11 heteroatoms. The lowest BCUT2D eigenvalue weighted by Gasteiger charge is -2.31.